The molecule has 0 radical (unpaired) electrons. The molecule has 1 aromatic carbocycles. The van der Waals surface area contributed by atoms with Crippen LogP contribution in [-0.4, -0.2) is 24.7 Å². The Balaban J connectivity index is 2.17. The Labute approximate surface area is 121 Å². The molecule has 0 spiro atoms. The molecule has 0 aliphatic heterocycles. The van der Waals surface area contributed by atoms with Gasteiger partial charge in [0.15, 0.2) is 5.82 Å². The molecule has 0 bridgehead atoms. The molecule has 0 aliphatic carbocycles. The van der Waals surface area contributed by atoms with Crippen LogP contribution in [0.5, 0.6) is 0 Å². The summed E-state index contributed by atoms with van der Waals surface area (Å²) in [5.41, 5.74) is 5.89. The van der Waals surface area contributed by atoms with E-state index >= 15 is 0 Å². The van der Waals surface area contributed by atoms with Crippen molar-refractivity contribution in [3.8, 4) is 17.3 Å². The van der Waals surface area contributed by atoms with Gasteiger partial charge in [-0.3, -0.25) is 0 Å². The summed E-state index contributed by atoms with van der Waals surface area (Å²) in [5.74, 6) is -0.0666. The van der Waals surface area contributed by atoms with Crippen LogP contribution in [0.25, 0.3) is 17.3 Å². The SMILES string of the molecule is Nc1nc(-c2cccc(Br)c2F)nc(-n2cccn2)n1. The molecule has 0 atom stereocenters. The second kappa shape index (κ2) is 4.97. The molecule has 100 valence electrons. The Kier molecular flexibility index (Phi) is 3.15. The number of nitrogens with zero attached hydrogens (tertiary/aromatic N) is 5. The van der Waals surface area contributed by atoms with Crippen LogP contribution in [0.4, 0.5) is 10.3 Å². The van der Waals surface area contributed by atoms with E-state index in [0.717, 1.165) is 0 Å². The number of hydrogen-bond donors (Lipinski definition) is 1. The lowest BCUT2D eigenvalue weighted by atomic mass is 10.2. The average molecular weight is 335 g/mol. The van der Waals surface area contributed by atoms with Gasteiger partial charge in [-0.2, -0.15) is 20.1 Å². The van der Waals surface area contributed by atoms with Crippen LogP contribution >= 0.6 is 15.9 Å². The predicted molar refractivity (Wildman–Crippen MR) is 74.5 cm³/mol. The van der Waals surface area contributed by atoms with E-state index in [-0.39, 0.29) is 23.3 Å². The van der Waals surface area contributed by atoms with Gasteiger partial charge in [0.2, 0.25) is 5.95 Å². The number of nitrogens with two attached hydrogens (primary N) is 1. The molecular formula is C12H8BrFN6. The smallest absolute Gasteiger partial charge is 0.255 e. The van der Waals surface area contributed by atoms with Crippen LogP contribution in [0.15, 0.2) is 41.1 Å². The fraction of sp³-hybridized carbons (Fsp3) is 0. The van der Waals surface area contributed by atoms with E-state index in [1.54, 1.807) is 36.7 Å². The molecule has 2 heterocycles. The molecular weight excluding hydrogens is 327 g/mol. The van der Waals surface area contributed by atoms with Crippen LogP contribution in [0.1, 0.15) is 0 Å². The second-order valence-electron chi connectivity index (χ2n) is 3.87. The van der Waals surface area contributed by atoms with Crippen molar-refractivity contribution in [2.45, 2.75) is 0 Å². The average Bonchev–Trinajstić information content (AvgIpc) is 2.95. The van der Waals surface area contributed by atoms with Crippen molar-refractivity contribution in [2.75, 3.05) is 5.73 Å². The van der Waals surface area contributed by atoms with Gasteiger partial charge in [0.05, 0.1) is 10.0 Å². The first-order valence-corrected chi connectivity index (χ1v) is 6.40. The fourth-order valence-electron chi connectivity index (χ4n) is 1.67. The van der Waals surface area contributed by atoms with Crippen molar-refractivity contribution in [1.82, 2.24) is 24.7 Å². The van der Waals surface area contributed by atoms with Crippen molar-refractivity contribution < 1.29 is 4.39 Å². The lowest BCUT2D eigenvalue weighted by Gasteiger charge is -2.06. The molecule has 0 amide bonds. The maximum atomic E-state index is 14.1. The summed E-state index contributed by atoms with van der Waals surface area (Å²) in [5, 5.41) is 4.01. The number of aromatic nitrogens is 5. The van der Waals surface area contributed by atoms with Gasteiger partial charge < -0.3 is 5.73 Å². The maximum Gasteiger partial charge on any atom is 0.255 e. The van der Waals surface area contributed by atoms with E-state index in [9.17, 15) is 4.39 Å². The molecule has 3 aromatic rings. The van der Waals surface area contributed by atoms with Crippen molar-refractivity contribution in [1.29, 1.82) is 0 Å². The number of benzene rings is 1. The highest BCUT2D eigenvalue weighted by atomic mass is 79.9. The third-order valence-corrected chi connectivity index (χ3v) is 3.16. The number of nitrogen functional groups attached to an aromatic ring is 1. The highest BCUT2D eigenvalue weighted by molar-refractivity contribution is 9.10. The summed E-state index contributed by atoms with van der Waals surface area (Å²) in [6.07, 6.45) is 3.25. The number of anilines is 1. The maximum absolute atomic E-state index is 14.1. The minimum Gasteiger partial charge on any atom is -0.368 e. The zero-order valence-electron chi connectivity index (χ0n) is 10.0. The third kappa shape index (κ3) is 2.25. The molecule has 0 aliphatic rings. The van der Waals surface area contributed by atoms with Gasteiger partial charge in [-0.15, -0.1) is 0 Å². The Hall–Kier alpha value is -2.35. The second-order valence-corrected chi connectivity index (χ2v) is 4.72. The number of halogens is 2. The molecule has 2 N–H and O–H groups in total. The van der Waals surface area contributed by atoms with Gasteiger partial charge in [0, 0.05) is 12.4 Å². The third-order valence-electron chi connectivity index (χ3n) is 2.54. The molecule has 2 aromatic heterocycles. The Bertz CT molecular complexity index is 759. The van der Waals surface area contributed by atoms with Gasteiger partial charge in [0.25, 0.3) is 5.95 Å². The first-order valence-electron chi connectivity index (χ1n) is 5.61. The van der Waals surface area contributed by atoms with E-state index < -0.39 is 5.82 Å². The highest BCUT2D eigenvalue weighted by Gasteiger charge is 2.14. The summed E-state index contributed by atoms with van der Waals surface area (Å²) in [6.45, 7) is 0. The summed E-state index contributed by atoms with van der Waals surface area (Å²) in [4.78, 5) is 12.1. The van der Waals surface area contributed by atoms with Crippen LogP contribution in [0, 0.1) is 5.82 Å². The van der Waals surface area contributed by atoms with Crippen LogP contribution < -0.4 is 5.73 Å². The largest absolute Gasteiger partial charge is 0.368 e. The Morgan fingerprint density at radius 2 is 2.00 bits per heavy atom. The van der Waals surface area contributed by atoms with Crippen molar-refractivity contribution in [3.63, 3.8) is 0 Å². The zero-order valence-corrected chi connectivity index (χ0v) is 11.6. The number of hydrogen-bond acceptors (Lipinski definition) is 5. The van der Waals surface area contributed by atoms with Gasteiger partial charge in [-0.1, -0.05) is 6.07 Å². The van der Waals surface area contributed by atoms with Gasteiger partial charge in [-0.25, -0.2) is 9.07 Å². The lowest BCUT2D eigenvalue weighted by Crippen LogP contribution is -2.08. The summed E-state index contributed by atoms with van der Waals surface area (Å²) in [7, 11) is 0. The normalized spacial score (nSPS) is 10.7. The standard InChI is InChI=1S/C12H8BrFN6/c13-8-4-1-3-7(9(8)14)10-17-11(15)19-12(18-10)20-6-2-5-16-20/h1-6H,(H2,15,17,18,19). The van der Waals surface area contributed by atoms with Crippen LogP contribution in [0.3, 0.4) is 0 Å². The molecule has 20 heavy (non-hydrogen) atoms. The highest BCUT2D eigenvalue weighted by Crippen LogP contribution is 2.25. The predicted octanol–water partition coefficient (Wildman–Crippen LogP) is 2.21. The number of rotatable bonds is 2. The topological polar surface area (TPSA) is 82.5 Å². The first-order chi connectivity index (χ1) is 9.65. The molecule has 8 heteroatoms. The van der Waals surface area contributed by atoms with Gasteiger partial charge in [-0.05, 0) is 34.1 Å². The Morgan fingerprint density at radius 3 is 2.75 bits per heavy atom. The van der Waals surface area contributed by atoms with Gasteiger partial charge >= 0.3 is 0 Å². The lowest BCUT2D eigenvalue weighted by molar-refractivity contribution is 0.623. The fourth-order valence-corrected chi connectivity index (χ4v) is 2.03. The monoisotopic (exact) mass is 334 g/mol. The quantitative estimate of drug-likeness (QED) is 0.776. The minimum atomic E-state index is -0.454. The molecule has 6 nitrogen and oxygen atoms in total. The van der Waals surface area contributed by atoms with E-state index in [4.69, 9.17) is 5.73 Å². The van der Waals surface area contributed by atoms with Crippen LogP contribution in [-0.2, 0) is 0 Å². The van der Waals surface area contributed by atoms with Crippen molar-refractivity contribution in [2.24, 2.45) is 0 Å². The van der Waals surface area contributed by atoms with Gasteiger partial charge in [0.1, 0.15) is 5.82 Å². The van der Waals surface area contributed by atoms with Crippen LogP contribution in [0.2, 0.25) is 0 Å². The van der Waals surface area contributed by atoms with E-state index in [0.29, 0.717) is 4.47 Å². The molecule has 3 rings (SSSR count). The summed E-state index contributed by atoms with van der Waals surface area (Å²) >= 11 is 3.12. The molecule has 0 saturated carbocycles. The summed E-state index contributed by atoms with van der Waals surface area (Å²) < 4.78 is 15.8. The van der Waals surface area contributed by atoms with Crippen molar-refractivity contribution >= 4 is 21.9 Å². The van der Waals surface area contributed by atoms with Crippen molar-refractivity contribution in [3.05, 3.63) is 46.9 Å². The van der Waals surface area contributed by atoms with E-state index in [2.05, 4.69) is 36.0 Å². The molecule has 0 fully saturated rings. The molecule has 0 unspecified atom stereocenters. The zero-order chi connectivity index (χ0) is 14.1. The van der Waals surface area contributed by atoms with E-state index in [1.807, 2.05) is 0 Å². The Morgan fingerprint density at radius 1 is 1.15 bits per heavy atom. The van der Waals surface area contributed by atoms with E-state index in [1.165, 1.54) is 4.68 Å². The summed E-state index contributed by atoms with van der Waals surface area (Å²) in [6, 6.07) is 6.58. The minimum absolute atomic E-state index is 0.000115. The first kappa shape index (κ1) is 12.7. The molecule has 0 saturated heterocycles.